The molecule has 2 atom stereocenters. The molecule has 2 aliphatic heterocycles. The van der Waals surface area contributed by atoms with Gasteiger partial charge in [-0.25, -0.2) is 4.98 Å². The molecular weight excluding hydrogens is 494 g/mol. The Morgan fingerprint density at radius 1 is 0.975 bits per heavy atom. The molecule has 0 spiro atoms. The molecule has 2 saturated heterocycles. The lowest BCUT2D eigenvalue weighted by molar-refractivity contribution is 0.464. The van der Waals surface area contributed by atoms with Crippen molar-refractivity contribution in [2.45, 2.75) is 70.5 Å². The monoisotopic (exact) mass is 531 g/mol. The van der Waals surface area contributed by atoms with Gasteiger partial charge in [0.15, 0.2) is 5.65 Å². The smallest absolute Gasteiger partial charge is 0.163 e. The zero-order valence-electron chi connectivity index (χ0n) is 23.6. The molecule has 7 heteroatoms. The maximum absolute atomic E-state index is 5.22. The lowest BCUT2D eigenvalue weighted by Gasteiger charge is -2.36. The SMILES string of the molecule is CNc1ccc2c(-c3ccccc3CNc3cc(N4C5CCCC4CC5)nc4c(C(C)C)cnn34)nccc2c1. The van der Waals surface area contributed by atoms with Gasteiger partial charge >= 0.3 is 0 Å². The molecule has 2 fully saturated rings. The molecule has 2 unspecified atom stereocenters. The number of hydrogen-bond acceptors (Lipinski definition) is 6. The minimum absolute atomic E-state index is 0.354. The highest BCUT2D eigenvalue weighted by atomic mass is 15.3. The first-order valence-electron chi connectivity index (χ1n) is 14.7. The maximum Gasteiger partial charge on any atom is 0.163 e. The Hall–Kier alpha value is -4.13. The summed E-state index contributed by atoms with van der Waals surface area (Å²) in [6, 6.07) is 20.5. The van der Waals surface area contributed by atoms with Crippen molar-refractivity contribution in [3.8, 4) is 11.3 Å². The summed E-state index contributed by atoms with van der Waals surface area (Å²) < 4.78 is 1.99. The van der Waals surface area contributed by atoms with E-state index in [-0.39, 0.29) is 0 Å². The number of rotatable bonds is 7. The van der Waals surface area contributed by atoms with Gasteiger partial charge in [-0.1, -0.05) is 44.2 Å². The third kappa shape index (κ3) is 4.24. The van der Waals surface area contributed by atoms with E-state index in [9.17, 15) is 0 Å². The van der Waals surface area contributed by atoms with Gasteiger partial charge in [0.05, 0.1) is 11.9 Å². The molecule has 5 aromatic rings. The Morgan fingerprint density at radius 2 is 1.80 bits per heavy atom. The second-order valence-corrected chi connectivity index (χ2v) is 11.6. The lowest BCUT2D eigenvalue weighted by Crippen LogP contribution is -2.40. The number of benzene rings is 2. The minimum Gasteiger partial charge on any atom is -0.388 e. The Morgan fingerprint density at radius 3 is 2.60 bits per heavy atom. The van der Waals surface area contributed by atoms with Crippen molar-refractivity contribution in [1.29, 1.82) is 0 Å². The average Bonchev–Trinajstić information content (AvgIpc) is 3.53. The van der Waals surface area contributed by atoms with Crippen molar-refractivity contribution in [3.63, 3.8) is 0 Å². The second-order valence-electron chi connectivity index (χ2n) is 11.6. The van der Waals surface area contributed by atoms with Crippen molar-refractivity contribution in [1.82, 2.24) is 19.6 Å². The second kappa shape index (κ2) is 10.1. The molecule has 2 aromatic carbocycles. The Balaban J connectivity index is 1.27. The topological polar surface area (TPSA) is 70.4 Å². The van der Waals surface area contributed by atoms with E-state index in [2.05, 4.69) is 84.0 Å². The van der Waals surface area contributed by atoms with E-state index in [1.54, 1.807) is 0 Å². The van der Waals surface area contributed by atoms with Crippen LogP contribution in [0.1, 0.15) is 63.0 Å². The number of hydrogen-bond donors (Lipinski definition) is 2. The molecule has 204 valence electrons. The molecule has 0 saturated carbocycles. The largest absolute Gasteiger partial charge is 0.388 e. The van der Waals surface area contributed by atoms with Crippen molar-refractivity contribution in [2.75, 3.05) is 22.6 Å². The fraction of sp³-hybridized carbons (Fsp3) is 0.364. The number of nitrogens with one attached hydrogen (secondary N) is 2. The van der Waals surface area contributed by atoms with Gasteiger partial charge in [0, 0.05) is 60.1 Å². The van der Waals surface area contributed by atoms with E-state index in [4.69, 9.17) is 15.1 Å². The Kier molecular flexibility index (Phi) is 6.29. The van der Waals surface area contributed by atoms with Crippen LogP contribution in [0.4, 0.5) is 17.3 Å². The number of piperidine rings is 1. The van der Waals surface area contributed by atoms with E-state index in [1.807, 2.05) is 24.0 Å². The summed E-state index contributed by atoms with van der Waals surface area (Å²) >= 11 is 0. The lowest BCUT2D eigenvalue weighted by atomic mass is 9.99. The van der Waals surface area contributed by atoms with Gasteiger partial charge in [-0.2, -0.15) is 9.61 Å². The Bertz CT molecular complexity index is 1670. The molecule has 0 aliphatic carbocycles. The maximum atomic E-state index is 5.22. The molecule has 2 aliphatic rings. The number of nitrogens with zero attached hydrogens (tertiary/aromatic N) is 5. The number of pyridine rings is 1. The first kappa shape index (κ1) is 24.9. The fourth-order valence-corrected chi connectivity index (χ4v) is 6.76. The summed E-state index contributed by atoms with van der Waals surface area (Å²) in [5.41, 5.74) is 6.59. The van der Waals surface area contributed by atoms with E-state index in [0.717, 1.165) is 39.6 Å². The highest BCUT2D eigenvalue weighted by Crippen LogP contribution is 2.40. The summed E-state index contributed by atoms with van der Waals surface area (Å²) in [5.74, 6) is 2.43. The molecule has 5 heterocycles. The van der Waals surface area contributed by atoms with Crippen LogP contribution in [0.15, 0.2) is 67.0 Å². The van der Waals surface area contributed by atoms with E-state index < -0.39 is 0 Å². The third-order valence-electron chi connectivity index (χ3n) is 8.85. The summed E-state index contributed by atoms with van der Waals surface area (Å²) in [4.78, 5) is 12.7. The van der Waals surface area contributed by atoms with Crippen LogP contribution in [0.2, 0.25) is 0 Å². The van der Waals surface area contributed by atoms with Gasteiger partial charge in [0.2, 0.25) is 0 Å². The fourth-order valence-electron chi connectivity index (χ4n) is 6.76. The van der Waals surface area contributed by atoms with Crippen molar-refractivity contribution >= 4 is 33.7 Å². The van der Waals surface area contributed by atoms with Gasteiger partial charge in [0.1, 0.15) is 11.6 Å². The zero-order valence-corrected chi connectivity index (χ0v) is 23.6. The minimum atomic E-state index is 0.354. The molecule has 3 aromatic heterocycles. The van der Waals surface area contributed by atoms with Crippen molar-refractivity contribution < 1.29 is 0 Å². The summed E-state index contributed by atoms with van der Waals surface area (Å²) in [5, 5.41) is 14.1. The predicted octanol–water partition coefficient (Wildman–Crippen LogP) is 7.24. The summed E-state index contributed by atoms with van der Waals surface area (Å²) in [6.45, 7) is 5.09. The van der Waals surface area contributed by atoms with E-state index in [1.165, 1.54) is 48.6 Å². The van der Waals surface area contributed by atoms with Crippen molar-refractivity contribution in [3.05, 3.63) is 78.1 Å². The van der Waals surface area contributed by atoms with Gasteiger partial charge in [0.25, 0.3) is 0 Å². The van der Waals surface area contributed by atoms with Crippen LogP contribution in [0.25, 0.3) is 27.7 Å². The van der Waals surface area contributed by atoms with Crippen LogP contribution in [0.3, 0.4) is 0 Å². The van der Waals surface area contributed by atoms with Crippen LogP contribution in [0, 0.1) is 0 Å². The molecule has 0 radical (unpaired) electrons. The van der Waals surface area contributed by atoms with Crippen LogP contribution >= 0.6 is 0 Å². The molecule has 2 bridgehead atoms. The Labute approximate surface area is 235 Å². The number of fused-ring (bicyclic) bond motifs is 4. The highest BCUT2D eigenvalue weighted by molar-refractivity contribution is 5.96. The van der Waals surface area contributed by atoms with Crippen LogP contribution in [0.5, 0.6) is 0 Å². The van der Waals surface area contributed by atoms with Gasteiger partial charge in [-0.15, -0.1) is 0 Å². The third-order valence-corrected chi connectivity index (χ3v) is 8.85. The van der Waals surface area contributed by atoms with Crippen LogP contribution in [-0.4, -0.2) is 38.7 Å². The molecule has 7 nitrogen and oxygen atoms in total. The van der Waals surface area contributed by atoms with Crippen molar-refractivity contribution in [2.24, 2.45) is 0 Å². The predicted molar refractivity (Wildman–Crippen MR) is 164 cm³/mol. The van der Waals surface area contributed by atoms with Gasteiger partial charge < -0.3 is 15.5 Å². The van der Waals surface area contributed by atoms with E-state index >= 15 is 0 Å². The molecular formula is C33H37N7. The summed E-state index contributed by atoms with van der Waals surface area (Å²) in [6.07, 6.45) is 10.3. The first-order valence-corrected chi connectivity index (χ1v) is 14.7. The number of aromatic nitrogens is 4. The van der Waals surface area contributed by atoms with Gasteiger partial charge in [-0.05, 0) is 67.2 Å². The molecule has 2 N–H and O–H groups in total. The molecule has 7 rings (SSSR count). The van der Waals surface area contributed by atoms with Gasteiger partial charge in [-0.3, -0.25) is 4.98 Å². The standard InChI is InChI=1S/C33H37N7/c1-21(2)29-20-37-40-30(18-31(38-33(29)40)39-25-8-6-9-26(39)13-12-25)36-19-23-7-4-5-10-27(23)32-28-14-11-24(34-3)17-22(28)15-16-35-32/h4-5,7,10-11,14-18,20-21,25-26,34,36H,6,8-9,12-13,19H2,1-3H3. The normalized spacial score (nSPS) is 18.6. The molecule has 40 heavy (non-hydrogen) atoms. The summed E-state index contributed by atoms with van der Waals surface area (Å²) in [7, 11) is 1.95. The average molecular weight is 532 g/mol. The van der Waals surface area contributed by atoms with Crippen LogP contribution < -0.4 is 15.5 Å². The number of anilines is 3. The van der Waals surface area contributed by atoms with E-state index in [0.29, 0.717) is 24.5 Å². The molecule has 0 amide bonds. The van der Waals surface area contributed by atoms with Crippen LogP contribution in [-0.2, 0) is 6.54 Å². The quantitative estimate of drug-likeness (QED) is 0.231. The first-order chi connectivity index (χ1) is 19.6. The highest BCUT2D eigenvalue weighted by Gasteiger charge is 2.37. The zero-order chi connectivity index (χ0) is 27.2.